The molecular weight excluding hydrogens is 252 g/mol. The van der Waals surface area contributed by atoms with Crippen molar-refractivity contribution in [3.63, 3.8) is 0 Å². The number of nitrogens with two attached hydrogens (primary N) is 1. The van der Waals surface area contributed by atoms with Crippen molar-refractivity contribution in [2.45, 2.75) is 45.3 Å². The fourth-order valence-corrected chi connectivity index (χ4v) is 2.91. The van der Waals surface area contributed by atoms with Crippen molar-refractivity contribution in [2.24, 2.45) is 11.7 Å². The number of nitrogens with one attached hydrogen (secondary N) is 1. The van der Waals surface area contributed by atoms with Gasteiger partial charge in [-0.3, -0.25) is 4.79 Å². The molecule has 0 spiro atoms. The first-order chi connectivity index (χ1) is 9.56. The molecule has 0 radical (unpaired) electrons. The Morgan fingerprint density at radius 1 is 1.45 bits per heavy atom. The van der Waals surface area contributed by atoms with Gasteiger partial charge in [-0.2, -0.15) is 0 Å². The second-order valence-electron chi connectivity index (χ2n) is 5.82. The molecule has 0 aliphatic heterocycles. The van der Waals surface area contributed by atoms with Crippen LogP contribution < -0.4 is 11.1 Å². The summed E-state index contributed by atoms with van der Waals surface area (Å²) in [7, 11) is 0. The third-order valence-electron chi connectivity index (χ3n) is 4.13. The number of aliphatic hydroxyl groups is 1. The lowest BCUT2D eigenvalue weighted by molar-refractivity contribution is 0.0998. The molecule has 1 aliphatic rings. The second-order valence-corrected chi connectivity index (χ2v) is 5.82. The topological polar surface area (TPSA) is 75.4 Å². The monoisotopic (exact) mass is 276 g/mol. The molecule has 4 N–H and O–H groups in total. The standard InChI is InChI=1S/C16H24N2O2/c1-11-7-13(16(17)20)5-6-14(11)10-18-9-12-3-2-4-15(19)8-12/h5-7,12,15,18-19H,2-4,8-10H2,1H3,(H2,17,20). The molecule has 2 unspecified atom stereocenters. The van der Waals surface area contributed by atoms with Crippen LogP contribution in [0.25, 0.3) is 0 Å². The predicted octanol–water partition coefficient (Wildman–Crippen LogP) is 1.73. The van der Waals surface area contributed by atoms with E-state index in [-0.39, 0.29) is 12.0 Å². The van der Waals surface area contributed by atoms with E-state index in [1.807, 2.05) is 19.1 Å². The van der Waals surface area contributed by atoms with E-state index >= 15 is 0 Å². The van der Waals surface area contributed by atoms with Crippen molar-refractivity contribution < 1.29 is 9.90 Å². The summed E-state index contributed by atoms with van der Waals surface area (Å²) in [6.45, 7) is 3.72. The first kappa shape index (κ1) is 15.0. The van der Waals surface area contributed by atoms with Crippen molar-refractivity contribution in [1.29, 1.82) is 0 Å². The van der Waals surface area contributed by atoms with Crippen LogP contribution >= 0.6 is 0 Å². The third kappa shape index (κ3) is 4.05. The minimum Gasteiger partial charge on any atom is -0.393 e. The van der Waals surface area contributed by atoms with Crippen LogP contribution in [0.1, 0.15) is 47.2 Å². The molecule has 20 heavy (non-hydrogen) atoms. The Morgan fingerprint density at radius 3 is 2.90 bits per heavy atom. The summed E-state index contributed by atoms with van der Waals surface area (Å²) in [4.78, 5) is 11.1. The van der Waals surface area contributed by atoms with Crippen molar-refractivity contribution in [1.82, 2.24) is 5.32 Å². The normalized spacial score (nSPS) is 22.7. The molecule has 1 aromatic carbocycles. The number of hydrogen-bond donors (Lipinski definition) is 3. The molecule has 4 nitrogen and oxygen atoms in total. The molecule has 110 valence electrons. The van der Waals surface area contributed by atoms with E-state index in [0.717, 1.165) is 37.9 Å². The zero-order valence-corrected chi connectivity index (χ0v) is 12.1. The van der Waals surface area contributed by atoms with Gasteiger partial charge in [0, 0.05) is 12.1 Å². The van der Waals surface area contributed by atoms with Gasteiger partial charge in [-0.15, -0.1) is 0 Å². The Hall–Kier alpha value is -1.39. The van der Waals surface area contributed by atoms with Gasteiger partial charge in [0.15, 0.2) is 0 Å². The Morgan fingerprint density at radius 2 is 2.25 bits per heavy atom. The van der Waals surface area contributed by atoms with Gasteiger partial charge in [0.05, 0.1) is 6.10 Å². The van der Waals surface area contributed by atoms with Gasteiger partial charge in [-0.25, -0.2) is 0 Å². The predicted molar refractivity (Wildman–Crippen MR) is 79.4 cm³/mol. The molecule has 2 atom stereocenters. The Bertz CT molecular complexity index is 474. The van der Waals surface area contributed by atoms with Crippen LogP contribution in [0.15, 0.2) is 18.2 Å². The quantitative estimate of drug-likeness (QED) is 0.766. The van der Waals surface area contributed by atoms with E-state index in [2.05, 4.69) is 5.32 Å². The van der Waals surface area contributed by atoms with Crippen LogP contribution in [0.2, 0.25) is 0 Å². The number of benzene rings is 1. The van der Waals surface area contributed by atoms with Gasteiger partial charge in [0.1, 0.15) is 0 Å². The molecular formula is C16H24N2O2. The SMILES string of the molecule is Cc1cc(C(N)=O)ccc1CNCC1CCCC(O)C1. The minimum atomic E-state index is -0.385. The highest BCUT2D eigenvalue weighted by atomic mass is 16.3. The fourth-order valence-electron chi connectivity index (χ4n) is 2.91. The number of carbonyl (C=O) groups is 1. The molecule has 4 heteroatoms. The molecule has 1 aromatic rings. The maximum absolute atomic E-state index is 11.1. The molecule has 0 saturated heterocycles. The number of aryl methyl sites for hydroxylation is 1. The zero-order chi connectivity index (χ0) is 14.5. The maximum Gasteiger partial charge on any atom is 0.248 e. The molecule has 1 saturated carbocycles. The molecule has 1 amide bonds. The van der Waals surface area contributed by atoms with E-state index < -0.39 is 0 Å². The van der Waals surface area contributed by atoms with E-state index in [1.165, 1.54) is 12.0 Å². The zero-order valence-electron chi connectivity index (χ0n) is 12.1. The Labute approximate surface area is 120 Å². The van der Waals surface area contributed by atoms with Crippen LogP contribution in [0.4, 0.5) is 0 Å². The second kappa shape index (κ2) is 6.86. The molecule has 2 rings (SSSR count). The Balaban J connectivity index is 1.83. The number of aliphatic hydroxyl groups excluding tert-OH is 1. The maximum atomic E-state index is 11.1. The summed E-state index contributed by atoms with van der Waals surface area (Å²) in [5.41, 5.74) is 8.09. The van der Waals surface area contributed by atoms with Crippen LogP contribution in [-0.4, -0.2) is 23.7 Å². The van der Waals surface area contributed by atoms with Gasteiger partial charge >= 0.3 is 0 Å². The van der Waals surface area contributed by atoms with Gasteiger partial charge < -0.3 is 16.2 Å². The molecule has 0 bridgehead atoms. The average molecular weight is 276 g/mol. The van der Waals surface area contributed by atoms with Crippen LogP contribution in [0.5, 0.6) is 0 Å². The number of carbonyl (C=O) groups excluding carboxylic acids is 1. The highest BCUT2D eigenvalue weighted by Crippen LogP contribution is 2.23. The van der Waals surface area contributed by atoms with Crippen molar-refractivity contribution in [2.75, 3.05) is 6.54 Å². The summed E-state index contributed by atoms with van der Waals surface area (Å²) in [5, 5.41) is 13.1. The highest BCUT2D eigenvalue weighted by molar-refractivity contribution is 5.93. The summed E-state index contributed by atoms with van der Waals surface area (Å²) in [6.07, 6.45) is 4.06. The van der Waals surface area contributed by atoms with E-state index in [0.29, 0.717) is 11.5 Å². The third-order valence-corrected chi connectivity index (χ3v) is 4.13. The fraction of sp³-hybridized carbons (Fsp3) is 0.562. The van der Waals surface area contributed by atoms with Crippen LogP contribution in [-0.2, 0) is 6.54 Å². The molecule has 0 heterocycles. The van der Waals surface area contributed by atoms with Gasteiger partial charge in [0.2, 0.25) is 5.91 Å². The smallest absolute Gasteiger partial charge is 0.248 e. The lowest BCUT2D eigenvalue weighted by Crippen LogP contribution is -2.29. The van der Waals surface area contributed by atoms with Crippen molar-refractivity contribution in [3.8, 4) is 0 Å². The summed E-state index contributed by atoms with van der Waals surface area (Å²) in [5.74, 6) is 0.188. The average Bonchev–Trinajstić information content (AvgIpc) is 2.40. The van der Waals surface area contributed by atoms with Crippen LogP contribution in [0.3, 0.4) is 0 Å². The van der Waals surface area contributed by atoms with Gasteiger partial charge in [-0.05, 0) is 61.9 Å². The Kier molecular flexibility index (Phi) is 5.15. The largest absolute Gasteiger partial charge is 0.393 e. The molecule has 1 fully saturated rings. The van der Waals surface area contributed by atoms with E-state index in [4.69, 9.17) is 5.73 Å². The molecule has 0 aromatic heterocycles. The van der Waals surface area contributed by atoms with E-state index in [1.54, 1.807) is 6.07 Å². The number of rotatable bonds is 5. The summed E-state index contributed by atoms with van der Waals surface area (Å²) < 4.78 is 0. The summed E-state index contributed by atoms with van der Waals surface area (Å²) in [6, 6.07) is 5.57. The van der Waals surface area contributed by atoms with Crippen molar-refractivity contribution >= 4 is 5.91 Å². The lowest BCUT2D eigenvalue weighted by Gasteiger charge is -2.26. The highest BCUT2D eigenvalue weighted by Gasteiger charge is 2.19. The first-order valence-electron chi connectivity index (χ1n) is 7.34. The number of hydrogen-bond acceptors (Lipinski definition) is 3. The van der Waals surface area contributed by atoms with Crippen LogP contribution in [0, 0.1) is 12.8 Å². The van der Waals surface area contributed by atoms with E-state index in [9.17, 15) is 9.90 Å². The first-order valence-corrected chi connectivity index (χ1v) is 7.34. The van der Waals surface area contributed by atoms with Crippen molar-refractivity contribution in [3.05, 3.63) is 34.9 Å². The molecule has 1 aliphatic carbocycles. The van der Waals surface area contributed by atoms with Gasteiger partial charge in [0.25, 0.3) is 0 Å². The van der Waals surface area contributed by atoms with Gasteiger partial charge in [-0.1, -0.05) is 12.5 Å². The number of amides is 1. The lowest BCUT2D eigenvalue weighted by atomic mass is 9.87. The summed E-state index contributed by atoms with van der Waals surface area (Å²) >= 11 is 0. The minimum absolute atomic E-state index is 0.118. The number of primary amides is 1.